The molecule has 1 amide bonds. The van der Waals surface area contributed by atoms with E-state index in [-0.39, 0.29) is 17.9 Å². The van der Waals surface area contributed by atoms with Crippen LogP contribution in [0, 0.1) is 10.1 Å². The molecule has 2 N–H and O–H groups in total. The van der Waals surface area contributed by atoms with Crippen LogP contribution in [-0.2, 0) is 0 Å². The summed E-state index contributed by atoms with van der Waals surface area (Å²) in [5, 5.41) is 24.6. The maximum absolute atomic E-state index is 11.9. The van der Waals surface area contributed by atoms with Crippen molar-refractivity contribution in [3.8, 4) is 11.5 Å². The lowest BCUT2D eigenvalue weighted by atomic mass is 10.2. The SMILES string of the molecule is CCOc1cc(/C=N/NC(=O)c2cncc(Br)c2)cc([N+](=O)[O-])c1O. The molecule has 0 aliphatic carbocycles. The molecule has 1 aromatic carbocycles. The Morgan fingerprint density at radius 1 is 1.48 bits per heavy atom. The van der Waals surface area contributed by atoms with Gasteiger partial charge in [0.15, 0.2) is 5.75 Å². The third-order valence-electron chi connectivity index (χ3n) is 2.92. The van der Waals surface area contributed by atoms with Crippen molar-refractivity contribution in [1.29, 1.82) is 0 Å². The number of carbonyl (C=O) groups is 1. The van der Waals surface area contributed by atoms with E-state index in [4.69, 9.17) is 4.74 Å². The smallest absolute Gasteiger partial charge is 0.315 e. The lowest BCUT2D eigenvalue weighted by Crippen LogP contribution is -2.17. The molecule has 1 heterocycles. The number of amides is 1. The third kappa shape index (κ3) is 4.73. The second kappa shape index (κ2) is 8.20. The first-order valence-electron chi connectivity index (χ1n) is 7.00. The summed E-state index contributed by atoms with van der Waals surface area (Å²) >= 11 is 3.20. The summed E-state index contributed by atoms with van der Waals surface area (Å²) in [5.74, 6) is -1.10. The molecule has 9 nitrogen and oxygen atoms in total. The van der Waals surface area contributed by atoms with Gasteiger partial charge in [0, 0.05) is 28.5 Å². The third-order valence-corrected chi connectivity index (χ3v) is 3.35. The van der Waals surface area contributed by atoms with Crippen molar-refractivity contribution < 1.29 is 19.6 Å². The van der Waals surface area contributed by atoms with Gasteiger partial charge in [-0.25, -0.2) is 5.43 Å². The van der Waals surface area contributed by atoms with Crippen molar-refractivity contribution in [2.75, 3.05) is 6.61 Å². The van der Waals surface area contributed by atoms with Crippen molar-refractivity contribution in [2.45, 2.75) is 6.92 Å². The molecule has 0 aliphatic rings. The molecular formula is C15H13BrN4O5. The molecule has 0 atom stereocenters. The first-order valence-corrected chi connectivity index (χ1v) is 7.79. The fourth-order valence-corrected chi connectivity index (χ4v) is 2.22. The summed E-state index contributed by atoms with van der Waals surface area (Å²) in [6, 6.07) is 4.06. The Morgan fingerprint density at radius 2 is 2.24 bits per heavy atom. The Balaban J connectivity index is 2.20. The molecule has 0 unspecified atom stereocenters. The Hall–Kier alpha value is -3.01. The summed E-state index contributed by atoms with van der Waals surface area (Å²) in [5.41, 5.74) is 2.34. The van der Waals surface area contributed by atoms with Crippen molar-refractivity contribution in [1.82, 2.24) is 10.4 Å². The Morgan fingerprint density at radius 3 is 2.88 bits per heavy atom. The molecule has 10 heteroatoms. The summed E-state index contributed by atoms with van der Waals surface area (Å²) in [7, 11) is 0. The predicted molar refractivity (Wildman–Crippen MR) is 92.9 cm³/mol. The Bertz CT molecular complexity index is 841. The predicted octanol–water partition coefficient (Wildman–Crippen LogP) is 2.62. The quantitative estimate of drug-likeness (QED) is 0.429. The highest BCUT2D eigenvalue weighted by Crippen LogP contribution is 2.36. The van der Waals surface area contributed by atoms with Crippen molar-refractivity contribution in [2.24, 2.45) is 5.10 Å². The maximum atomic E-state index is 11.9. The second-order valence-electron chi connectivity index (χ2n) is 4.67. The fraction of sp³-hybridized carbons (Fsp3) is 0.133. The Kier molecular flexibility index (Phi) is 6.01. The molecule has 0 radical (unpaired) electrons. The van der Waals surface area contributed by atoms with Crippen LogP contribution in [0.2, 0.25) is 0 Å². The highest BCUT2D eigenvalue weighted by Gasteiger charge is 2.19. The zero-order valence-electron chi connectivity index (χ0n) is 13.0. The lowest BCUT2D eigenvalue weighted by Gasteiger charge is -2.07. The van der Waals surface area contributed by atoms with Crippen LogP contribution in [0.5, 0.6) is 11.5 Å². The average Bonchev–Trinajstić information content (AvgIpc) is 2.57. The van der Waals surface area contributed by atoms with Gasteiger partial charge in [0.1, 0.15) is 0 Å². The number of ether oxygens (including phenoxy) is 1. The number of aromatic hydroxyl groups is 1. The molecule has 0 aliphatic heterocycles. The number of phenolic OH excluding ortho intramolecular Hbond substituents is 1. The minimum Gasteiger partial charge on any atom is -0.500 e. The zero-order chi connectivity index (χ0) is 18.4. The van der Waals surface area contributed by atoms with E-state index in [1.54, 1.807) is 13.0 Å². The number of hydrazone groups is 1. The van der Waals surface area contributed by atoms with Gasteiger partial charge in [-0.3, -0.25) is 19.9 Å². The molecular weight excluding hydrogens is 396 g/mol. The van der Waals surface area contributed by atoms with Gasteiger partial charge in [-0.2, -0.15) is 5.10 Å². The van der Waals surface area contributed by atoms with Crippen LogP contribution >= 0.6 is 15.9 Å². The normalized spacial score (nSPS) is 10.6. The summed E-state index contributed by atoms with van der Waals surface area (Å²) < 4.78 is 5.80. The summed E-state index contributed by atoms with van der Waals surface area (Å²) in [4.78, 5) is 26.1. The van der Waals surface area contributed by atoms with E-state index in [0.717, 1.165) is 6.07 Å². The molecule has 0 saturated heterocycles. The largest absolute Gasteiger partial charge is 0.500 e. The van der Waals surface area contributed by atoms with Gasteiger partial charge in [-0.05, 0) is 35.0 Å². The highest BCUT2D eigenvalue weighted by molar-refractivity contribution is 9.10. The van der Waals surface area contributed by atoms with E-state index in [1.165, 1.54) is 24.7 Å². The summed E-state index contributed by atoms with van der Waals surface area (Å²) in [6.07, 6.45) is 4.11. The molecule has 0 saturated carbocycles. The van der Waals surface area contributed by atoms with Crippen molar-refractivity contribution in [3.63, 3.8) is 0 Å². The number of halogens is 1. The number of nitrogens with zero attached hydrogens (tertiary/aromatic N) is 3. The minimum atomic E-state index is -0.735. The van der Waals surface area contributed by atoms with Crippen molar-refractivity contribution >= 4 is 33.7 Å². The molecule has 2 rings (SSSR count). The van der Waals surface area contributed by atoms with E-state index in [2.05, 4.69) is 31.4 Å². The molecule has 2 aromatic rings. The number of pyridine rings is 1. The Labute approximate surface area is 150 Å². The first-order chi connectivity index (χ1) is 11.9. The highest BCUT2D eigenvalue weighted by atomic mass is 79.9. The lowest BCUT2D eigenvalue weighted by molar-refractivity contribution is -0.386. The summed E-state index contributed by atoms with van der Waals surface area (Å²) in [6.45, 7) is 1.90. The van der Waals surface area contributed by atoms with E-state index in [1.807, 2.05) is 0 Å². The number of hydrogen-bond donors (Lipinski definition) is 2. The number of carbonyl (C=O) groups excluding carboxylic acids is 1. The van der Waals surface area contributed by atoms with Gasteiger partial charge >= 0.3 is 5.69 Å². The molecule has 130 valence electrons. The fourth-order valence-electron chi connectivity index (χ4n) is 1.86. The number of hydrogen-bond acceptors (Lipinski definition) is 7. The number of aromatic nitrogens is 1. The van der Waals surface area contributed by atoms with Gasteiger partial charge in [0.05, 0.1) is 23.3 Å². The van der Waals surface area contributed by atoms with E-state index < -0.39 is 22.3 Å². The number of phenols is 1. The first kappa shape index (κ1) is 18.3. The number of benzene rings is 1. The van der Waals surface area contributed by atoms with Gasteiger partial charge < -0.3 is 9.84 Å². The number of nitrogens with one attached hydrogen (secondary N) is 1. The van der Waals surface area contributed by atoms with Crippen LogP contribution in [0.15, 0.2) is 40.2 Å². The second-order valence-corrected chi connectivity index (χ2v) is 5.58. The minimum absolute atomic E-state index is 0.0410. The molecule has 1 aromatic heterocycles. The van der Waals surface area contributed by atoms with Crippen LogP contribution in [0.4, 0.5) is 5.69 Å². The number of nitro groups is 1. The van der Waals surface area contributed by atoms with Crippen molar-refractivity contribution in [3.05, 3.63) is 56.3 Å². The van der Waals surface area contributed by atoms with Crippen LogP contribution in [-0.4, -0.2) is 33.7 Å². The number of rotatable bonds is 6. The van der Waals surface area contributed by atoms with Gasteiger partial charge in [0.25, 0.3) is 5.91 Å². The van der Waals surface area contributed by atoms with Crippen LogP contribution in [0.1, 0.15) is 22.8 Å². The van der Waals surface area contributed by atoms with E-state index >= 15 is 0 Å². The van der Waals surface area contributed by atoms with Crippen LogP contribution < -0.4 is 10.2 Å². The number of nitro benzene ring substituents is 1. The van der Waals surface area contributed by atoms with E-state index in [9.17, 15) is 20.0 Å². The van der Waals surface area contributed by atoms with Crippen LogP contribution in [0.25, 0.3) is 0 Å². The molecule has 0 fully saturated rings. The topological polar surface area (TPSA) is 127 Å². The van der Waals surface area contributed by atoms with Crippen LogP contribution in [0.3, 0.4) is 0 Å². The monoisotopic (exact) mass is 408 g/mol. The molecule has 25 heavy (non-hydrogen) atoms. The zero-order valence-corrected chi connectivity index (χ0v) is 14.6. The molecule has 0 bridgehead atoms. The molecule has 0 spiro atoms. The van der Waals surface area contributed by atoms with E-state index in [0.29, 0.717) is 10.0 Å². The van der Waals surface area contributed by atoms with Gasteiger partial charge in [-0.1, -0.05) is 0 Å². The van der Waals surface area contributed by atoms with Gasteiger partial charge in [-0.15, -0.1) is 0 Å². The standard InChI is InChI=1S/C15H13BrN4O5/c1-2-25-13-4-9(3-12(14(13)21)20(23)24)6-18-19-15(22)10-5-11(16)8-17-7-10/h3-8,21H,2H2,1H3,(H,19,22)/b18-6+. The average molecular weight is 409 g/mol. The maximum Gasteiger partial charge on any atom is 0.315 e. The van der Waals surface area contributed by atoms with Gasteiger partial charge in [0.2, 0.25) is 5.75 Å².